The Hall–Kier alpha value is -2.95. The number of unbranched alkanes of at least 4 members (excludes halogenated alkanes) is 16. The molecule has 4 heteroatoms. The van der Waals surface area contributed by atoms with E-state index >= 15 is 0 Å². The minimum absolute atomic E-state index is 0.188. The summed E-state index contributed by atoms with van der Waals surface area (Å²) in [6.07, 6.45) is 71.6. The molecule has 1 N–H and O–H groups in total. The first-order valence-corrected chi connectivity index (χ1v) is 23.5. The molecule has 324 valence electrons. The van der Waals surface area contributed by atoms with Crippen molar-refractivity contribution in [3.05, 3.63) is 109 Å². The number of aliphatic hydroxyl groups is 1. The van der Waals surface area contributed by atoms with Crippen molar-refractivity contribution in [2.75, 3.05) is 19.8 Å². The van der Waals surface area contributed by atoms with Crippen LogP contribution in [0.1, 0.15) is 194 Å². The van der Waals surface area contributed by atoms with E-state index in [1.807, 2.05) is 0 Å². The summed E-state index contributed by atoms with van der Waals surface area (Å²) in [7, 11) is 0. The second-order valence-electron chi connectivity index (χ2n) is 15.1. The van der Waals surface area contributed by atoms with Gasteiger partial charge in [-0.2, -0.15) is 0 Å². The number of carbonyl (C=O) groups excluding carboxylic acids is 1. The maximum absolute atomic E-state index is 12.2. The average molecular weight is 789 g/mol. The van der Waals surface area contributed by atoms with Gasteiger partial charge >= 0.3 is 5.97 Å². The zero-order chi connectivity index (χ0) is 41.2. The summed E-state index contributed by atoms with van der Waals surface area (Å²) in [5.41, 5.74) is 0. The molecule has 0 aliphatic rings. The minimum Gasteiger partial charge on any atom is -0.457 e. The number of hydrogen-bond donors (Lipinski definition) is 1. The lowest BCUT2D eigenvalue weighted by atomic mass is 10.1. The van der Waals surface area contributed by atoms with Gasteiger partial charge in [-0.05, 0) is 96.3 Å². The van der Waals surface area contributed by atoms with Crippen molar-refractivity contribution in [2.24, 2.45) is 0 Å². The Bertz CT molecular complexity index is 1100. The van der Waals surface area contributed by atoms with E-state index < -0.39 is 6.10 Å². The molecule has 0 heterocycles. The van der Waals surface area contributed by atoms with Crippen LogP contribution in [0, 0.1) is 0 Å². The van der Waals surface area contributed by atoms with Crippen LogP contribution in [0.15, 0.2) is 109 Å². The molecule has 0 rings (SSSR count). The topological polar surface area (TPSA) is 55.8 Å². The Morgan fingerprint density at radius 2 is 0.737 bits per heavy atom. The van der Waals surface area contributed by atoms with Crippen LogP contribution in [0.4, 0.5) is 0 Å². The number of hydrogen-bond acceptors (Lipinski definition) is 4. The molecule has 1 atom stereocenters. The summed E-state index contributed by atoms with van der Waals surface area (Å²) in [4.78, 5) is 12.2. The van der Waals surface area contributed by atoms with E-state index in [1.54, 1.807) is 0 Å². The van der Waals surface area contributed by atoms with Crippen molar-refractivity contribution in [3.8, 4) is 0 Å². The predicted octanol–water partition coefficient (Wildman–Crippen LogP) is 15.9. The average Bonchev–Trinajstić information content (AvgIpc) is 3.22. The predicted molar refractivity (Wildman–Crippen MR) is 251 cm³/mol. The molecule has 0 aromatic carbocycles. The second-order valence-corrected chi connectivity index (χ2v) is 15.1. The quantitative estimate of drug-likeness (QED) is 0.0380. The third kappa shape index (κ3) is 47.3. The third-order valence-electron chi connectivity index (χ3n) is 9.59. The summed E-state index contributed by atoms with van der Waals surface area (Å²) in [6.45, 7) is 5.08. The number of esters is 1. The molecular formula is C53H88O4. The first-order chi connectivity index (χ1) is 28.2. The van der Waals surface area contributed by atoms with Gasteiger partial charge in [0.1, 0.15) is 6.10 Å². The fourth-order valence-electron chi connectivity index (χ4n) is 6.17. The van der Waals surface area contributed by atoms with E-state index in [4.69, 9.17) is 9.47 Å². The van der Waals surface area contributed by atoms with E-state index in [2.05, 4.69) is 123 Å². The highest BCUT2D eigenvalue weighted by molar-refractivity contribution is 5.69. The van der Waals surface area contributed by atoms with Crippen molar-refractivity contribution in [3.63, 3.8) is 0 Å². The summed E-state index contributed by atoms with van der Waals surface area (Å²) in [5, 5.41) is 9.63. The lowest BCUT2D eigenvalue weighted by molar-refractivity contribution is -0.154. The van der Waals surface area contributed by atoms with Gasteiger partial charge in [0.15, 0.2) is 0 Å². The van der Waals surface area contributed by atoms with Gasteiger partial charge in [-0.1, -0.05) is 200 Å². The van der Waals surface area contributed by atoms with Crippen molar-refractivity contribution >= 4 is 5.97 Å². The highest BCUT2D eigenvalue weighted by Crippen LogP contribution is 2.13. The molecule has 0 saturated heterocycles. The number of carbonyl (C=O) groups is 1. The zero-order valence-electron chi connectivity index (χ0n) is 37.1. The smallest absolute Gasteiger partial charge is 0.306 e. The fraction of sp³-hybridized carbons (Fsp3) is 0.642. The molecule has 0 radical (unpaired) electrons. The van der Waals surface area contributed by atoms with Gasteiger partial charge in [-0.15, -0.1) is 0 Å². The van der Waals surface area contributed by atoms with E-state index in [0.717, 1.165) is 89.9 Å². The van der Waals surface area contributed by atoms with Gasteiger partial charge in [0, 0.05) is 13.0 Å². The molecule has 0 aromatic rings. The summed E-state index contributed by atoms with van der Waals surface area (Å²) in [5.74, 6) is -0.224. The number of rotatable bonds is 42. The molecule has 0 fully saturated rings. The molecule has 57 heavy (non-hydrogen) atoms. The summed E-state index contributed by atoms with van der Waals surface area (Å²) < 4.78 is 11.2. The Morgan fingerprint density at radius 3 is 1.11 bits per heavy atom. The van der Waals surface area contributed by atoms with Crippen molar-refractivity contribution in [1.82, 2.24) is 0 Å². The van der Waals surface area contributed by atoms with Crippen LogP contribution in [0.3, 0.4) is 0 Å². The highest BCUT2D eigenvalue weighted by atomic mass is 16.6. The van der Waals surface area contributed by atoms with Crippen LogP contribution in [-0.4, -0.2) is 37.0 Å². The molecule has 0 aliphatic heterocycles. The van der Waals surface area contributed by atoms with Gasteiger partial charge in [-0.3, -0.25) is 4.79 Å². The van der Waals surface area contributed by atoms with E-state index in [1.165, 1.54) is 83.5 Å². The molecule has 1 unspecified atom stereocenters. The fourth-order valence-corrected chi connectivity index (χ4v) is 6.17. The minimum atomic E-state index is -0.555. The Morgan fingerprint density at radius 1 is 0.421 bits per heavy atom. The van der Waals surface area contributed by atoms with E-state index in [0.29, 0.717) is 13.0 Å². The van der Waals surface area contributed by atoms with Crippen LogP contribution < -0.4 is 0 Å². The molecule has 0 spiro atoms. The Labute approximate surface area is 353 Å². The molecule has 4 nitrogen and oxygen atoms in total. The number of ether oxygens (including phenoxy) is 2. The standard InChI is InChI=1S/C53H88O4/c1-3-5-7-9-11-13-15-17-19-21-23-25-26-27-29-31-33-35-37-39-41-43-45-47-49-56-51-52(50-54)57-53(55)48-46-44-42-40-38-36-34-32-30-28-24-22-20-18-16-14-12-10-8-6-4-2/h5-8,11-14,17-20,23-25,28,32,34,52,54H,3-4,9-10,15-16,21-22,26-27,29-31,33,35-51H2,1-2H3/b7-5-,8-6-,13-11-,14-12-,19-17-,20-18-,25-23-,28-24-,34-32-. The summed E-state index contributed by atoms with van der Waals surface area (Å²) in [6, 6.07) is 0. The Kier molecular flexibility index (Phi) is 46.7. The summed E-state index contributed by atoms with van der Waals surface area (Å²) >= 11 is 0. The molecule has 0 saturated carbocycles. The normalized spacial score (nSPS) is 13.4. The van der Waals surface area contributed by atoms with Gasteiger partial charge in [0.05, 0.1) is 13.2 Å². The lowest BCUT2D eigenvalue weighted by Crippen LogP contribution is -2.27. The molecular weight excluding hydrogens is 701 g/mol. The van der Waals surface area contributed by atoms with Crippen LogP contribution in [0.25, 0.3) is 0 Å². The van der Waals surface area contributed by atoms with Crippen molar-refractivity contribution < 1.29 is 19.4 Å². The maximum atomic E-state index is 12.2. The van der Waals surface area contributed by atoms with Gasteiger partial charge < -0.3 is 14.6 Å². The van der Waals surface area contributed by atoms with Gasteiger partial charge in [0.25, 0.3) is 0 Å². The second kappa shape index (κ2) is 49.2. The zero-order valence-corrected chi connectivity index (χ0v) is 37.1. The van der Waals surface area contributed by atoms with Crippen molar-refractivity contribution in [1.29, 1.82) is 0 Å². The first kappa shape index (κ1) is 54.1. The largest absolute Gasteiger partial charge is 0.457 e. The number of aliphatic hydroxyl groups excluding tert-OH is 1. The molecule has 0 bridgehead atoms. The van der Waals surface area contributed by atoms with Gasteiger partial charge in [-0.25, -0.2) is 0 Å². The maximum Gasteiger partial charge on any atom is 0.306 e. The third-order valence-corrected chi connectivity index (χ3v) is 9.59. The van der Waals surface area contributed by atoms with E-state index in [9.17, 15) is 9.90 Å². The van der Waals surface area contributed by atoms with Crippen molar-refractivity contribution in [2.45, 2.75) is 200 Å². The SMILES string of the molecule is CC/C=C\C/C=C\C/C=C\C/C=C\C/C=C\CCCCCCCC(=O)OC(CO)COCCCCCCCCCCCCC/C=C\C/C=C\C/C=C\C/C=C\CC. The molecule has 0 aromatic heterocycles. The highest BCUT2D eigenvalue weighted by Gasteiger charge is 2.13. The molecule has 0 aliphatic carbocycles. The van der Waals surface area contributed by atoms with Gasteiger partial charge in [0.2, 0.25) is 0 Å². The first-order valence-electron chi connectivity index (χ1n) is 23.5. The lowest BCUT2D eigenvalue weighted by Gasteiger charge is -2.15. The molecule has 0 amide bonds. The van der Waals surface area contributed by atoms with Crippen LogP contribution in [0.2, 0.25) is 0 Å². The van der Waals surface area contributed by atoms with Crippen LogP contribution >= 0.6 is 0 Å². The monoisotopic (exact) mass is 789 g/mol. The number of allylic oxidation sites excluding steroid dienone is 18. The van der Waals surface area contributed by atoms with Crippen LogP contribution in [0.5, 0.6) is 0 Å². The Balaban J connectivity index is 3.51. The van der Waals surface area contributed by atoms with Crippen LogP contribution in [-0.2, 0) is 14.3 Å². The van der Waals surface area contributed by atoms with E-state index in [-0.39, 0.29) is 19.2 Å².